The fraction of sp³-hybridized carbons (Fsp3) is 0.467. The van der Waals surface area contributed by atoms with Gasteiger partial charge in [-0.3, -0.25) is 10.2 Å². The highest BCUT2D eigenvalue weighted by Crippen LogP contribution is 2.23. The maximum Gasteiger partial charge on any atom is 0.135 e. The minimum absolute atomic E-state index is 0.165. The molecule has 2 rings (SSSR count). The zero-order valence-corrected chi connectivity index (χ0v) is 14.1. The fourth-order valence-electron chi connectivity index (χ4n) is 2.17. The average Bonchev–Trinajstić information content (AvgIpc) is 2.50. The molecule has 122 valence electrons. The van der Waals surface area contributed by atoms with E-state index in [0.717, 1.165) is 24.5 Å². The molecule has 1 atom stereocenters. The van der Waals surface area contributed by atoms with Gasteiger partial charge in [0.15, 0.2) is 0 Å². The number of rotatable bonds is 6. The Morgan fingerprint density at radius 3 is 2.82 bits per heavy atom. The monoisotopic (exact) mass is 346 g/mol. The molecular formula is C15H22Cl2N3O2+. The van der Waals surface area contributed by atoms with Crippen LogP contribution in [0.4, 0.5) is 5.69 Å². The zero-order valence-electron chi connectivity index (χ0n) is 12.6. The molecule has 1 aromatic carbocycles. The van der Waals surface area contributed by atoms with Crippen LogP contribution in [-0.4, -0.2) is 44.0 Å². The standard InChI is InChI=1S/C15H21Cl2N3O2/c1-11(19-13-2-3-14(16)15(17)9-13)8-12(18)10-22-20-4-6-21-7-5-20/h2-3,8-9,12,19H,4-7,10,18H2,1H3/p+1. The third-order valence-electron chi connectivity index (χ3n) is 3.23. The molecule has 7 heteroatoms. The van der Waals surface area contributed by atoms with Crippen molar-refractivity contribution >= 4 is 28.9 Å². The van der Waals surface area contributed by atoms with Gasteiger partial charge in [-0.15, -0.1) is 0 Å². The molecule has 1 heterocycles. The van der Waals surface area contributed by atoms with Gasteiger partial charge in [-0.05, 0) is 12.1 Å². The first kappa shape index (κ1) is 17.7. The van der Waals surface area contributed by atoms with Crippen molar-refractivity contribution in [3.05, 3.63) is 40.0 Å². The Balaban J connectivity index is 1.80. The molecule has 0 spiro atoms. The molecule has 0 saturated carbocycles. The van der Waals surface area contributed by atoms with Gasteiger partial charge in [-0.2, -0.15) is 5.06 Å². The number of benzene rings is 1. The zero-order chi connectivity index (χ0) is 15.9. The van der Waals surface area contributed by atoms with Gasteiger partial charge in [-0.1, -0.05) is 23.2 Å². The van der Waals surface area contributed by atoms with Crippen molar-refractivity contribution < 1.29 is 14.9 Å². The third kappa shape index (κ3) is 5.85. The molecule has 1 unspecified atom stereocenters. The fourth-order valence-corrected chi connectivity index (χ4v) is 2.47. The van der Waals surface area contributed by atoms with Crippen LogP contribution >= 0.6 is 23.2 Å². The smallest absolute Gasteiger partial charge is 0.135 e. The van der Waals surface area contributed by atoms with Crippen LogP contribution in [0.2, 0.25) is 10.0 Å². The average molecular weight is 347 g/mol. The summed E-state index contributed by atoms with van der Waals surface area (Å²) in [6, 6.07) is 5.37. The van der Waals surface area contributed by atoms with Crippen LogP contribution in [0.5, 0.6) is 0 Å². The first-order valence-corrected chi connectivity index (χ1v) is 7.99. The van der Waals surface area contributed by atoms with E-state index in [2.05, 4.69) is 0 Å². The number of halogens is 2. The van der Waals surface area contributed by atoms with Gasteiger partial charge in [0.05, 0.1) is 35.9 Å². The largest absolute Gasteiger partial charge is 0.379 e. The molecular weight excluding hydrogens is 325 g/mol. The Labute approximate surface area is 140 Å². The summed E-state index contributed by atoms with van der Waals surface area (Å²) in [6.07, 6.45) is 1.98. The van der Waals surface area contributed by atoms with Crippen LogP contribution < -0.4 is 11.1 Å². The number of allylic oxidation sites excluding steroid dienone is 1. The molecule has 22 heavy (non-hydrogen) atoms. The maximum atomic E-state index is 6.07. The van der Waals surface area contributed by atoms with Crippen molar-refractivity contribution in [1.29, 1.82) is 0 Å². The van der Waals surface area contributed by atoms with E-state index >= 15 is 0 Å². The number of nitrogens with zero attached hydrogens (tertiary/aromatic N) is 1. The maximum absolute atomic E-state index is 6.07. The number of hydrogen-bond donors (Lipinski definition) is 2. The number of ether oxygens (including phenoxy) is 1. The Hall–Kier alpha value is -0.660. The van der Waals surface area contributed by atoms with Gasteiger partial charge in [0.1, 0.15) is 11.4 Å². The van der Waals surface area contributed by atoms with Gasteiger partial charge >= 0.3 is 0 Å². The highest BCUT2D eigenvalue weighted by atomic mass is 35.5. The number of morpholine rings is 1. The molecule has 0 aromatic heterocycles. The minimum Gasteiger partial charge on any atom is -0.379 e. The lowest BCUT2D eigenvalue weighted by molar-refractivity contribution is -0.517. The second kappa shape index (κ2) is 8.84. The Morgan fingerprint density at radius 2 is 2.14 bits per heavy atom. The molecule has 0 radical (unpaired) electrons. The van der Waals surface area contributed by atoms with E-state index in [-0.39, 0.29) is 6.04 Å². The Kier molecular flexibility index (Phi) is 7.11. The molecule has 1 fully saturated rings. The van der Waals surface area contributed by atoms with E-state index in [4.69, 9.17) is 38.5 Å². The van der Waals surface area contributed by atoms with Crippen LogP contribution in [0.15, 0.2) is 30.0 Å². The molecule has 5 nitrogen and oxygen atoms in total. The lowest BCUT2D eigenvalue weighted by Crippen LogP contribution is -2.75. The third-order valence-corrected chi connectivity index (χ3v) is 3.97. The molecule has 1 aliphatic rings. The van der Waals surface area contributed by atoms with Gasteiger partial charge in [-0.25, -0.2) is 0 Å². The quantitative estimate of drug-likeness (QED) is 0.769. The van der Waals surface area contributed by atoms with E-state index < -0.39 is 0 Å². The lowest BCUT2D eigenvalue weighted by atomic mass is 10.2. The number of nitrogens with two attached hydrogens (primary N) is 2. The predicted molar refractivity (Wildman–Crippen MR) is 88.1 cm³/mol. The molecule has 0 bridgehead atoms. The Bertz CT molecular complexity index is 520. The normalized spacial score (nSPS) is 18.5. The van der Waals surface area contributed by atoms with Crippen LogP contribution in [0.3, 0.4) is 0 Å². The van der Waals surface area contributed by atoms with Crippen LogP contribution in [0.25, 0.3) is 0 Å². The van der Waals surface area contributed by atoms with E-state index in [0.29, 0.717) is 29.9 Å². The first-order chi connectivity index (χ1) is 10.5. The summed E-state index contributed by atoms with van der Waals surface area (Å²) >= 11 is 11.9. The van der Waals surface area contributed by atoms with Gasteiger partial charge in [0, 0.05) is 32.1 Å². The predicted octanol–water partition coefficient (Wildman–Crippen LogP) is 1.68. The highest BCUT2D eigenvalue weighted by molar-refractivity contribution is 6.42. The molecule has 1 saturated heterocycles. The number of hydrogen-bond acceptors (Lipinski definition) is 4. The van der Waals surface area contributed by atoms with Gasteiger partial charge < -0.3 is 10.5 Å². The lowest BCUT2D eigenvalue weighted by Gasteiger charge is -2.26. The summed E-state index contributed by atoms with van der Waals surface area (Å²) < 4.78 is 5.27. The molecule has 0 aliphatic carbocycles. The van der Waals surface area contributed by atoms with E-state index in [1.54, 1.807) is 6.07 Å². The van der Waals surface area contributed by atoms with Crippen molar-refractivity contribution in [2.24, 2.45) is 5.73 Å². The minimum atomic E-state index is -0.165. The van der Waals surface area contributed by atoms with Crippen molar-refractivity contribution in [3.63, 3.8) is 0 Å². The van der Waals surface area contributed by atoms with Crippen molar-refractivity contribution in [2.75, 3.05) is 32.9 Å². The second-order valence-electron chi connectivity index (χ2n) is 5.23. The Morgan fingerprint density at radius 1 is 1.41 bits per heavy atom. The molecule has 4 N–H and O–H groups in total. The highest BCUT2D eigenvalue weighted by Gasteiger charge is 2.12. The van der Waals surface area contributed by atoms with Crippen LogP contribution in [0.1, 0.15) is 6.92 Å². The topological polar surface area (TPSA) is 64.3 Å². The molecule has 0 amide bonds. The number of hydroxylamine groups is 2. The van der Waals surface area contributed by atoms with Crippen LogP contribution in [-0.2, 0) is 9.57 Å². The molecule has 1 aromatic rings. The van der Waals surface area contributed by atoms with E-state index in [9.17, 15) is 0 Å². The van der Waals surface area contributed by atoms with Crippen molar-refractivity contribution in [2.45, 2.75) is 13.0 Å². The molecule has 1 aliphatic heterocycles. The van der Waals surface area contributed by atoms with Crippen LogP contribution in [0, 0.1) is 0 Å². The van der Waals surface area contributed by atoms with E-state index in [1.807, 2.05) is 35.5 Å². The summed E-state index contributed by atoms with van der Waals surface area (Å²) in [5.74, 6) is 0. The first-order valence-electron chi connectivity index (χ1n) is 7.24. The number of quaternary nitrogens is 1. The summed E-state index contributed by atoms with van der Waals surface area (Å²) in [6.45, 7) is 5.42. The summed E-state index contributed by atoms with van der Waals surface area (Å²) in [7, 11) is 0. The second-order valence-corrected chi connectivity index (χ2v) is 6.04. The van der Waals surface area contributed by atoms with Crippen molar-refractivity contribution in [1.82, 2.24) is 5.06 Å². The summed E-state index contributed by atoms with van der Waals surface area (Å²) in [4.78, 5) is 5.66. The van der Waals surface area contributed by atoms with Crippen molar-refractivity contribution in [3.8, 4) is 0 Å². The van der Waals surface area contributed by atoms with Gasteiger partial charge in [0.2, 0.25) is 0 Å². The summed E-state index contributed by atoms with van der Waals surface area (Å²) in [5, 5.41) is 5.01. The SMILES string of the molecule is CC(=CC(N)CON1CCOCC1)[NH2+]c1ccc(Cl)c(Cl)c1. The summed E-state index contributed by atoms with van der Waals surface area (Å²) in [5.41, 5.74) is 8.12. The van der Waals surface area contributed by atoms with E-state index in [1.165, 1.54) is 0 Å². The van der Waals surface area contributed by atoms with Gasteiger partial charge in [0.25, 0.3) is 0 Å².